The van der Waals surface area contributed by atoms with Crippen molar-refractivity contribution in [3.05, 3.63) is 53.3 Å². The van der Waals surface area contributed by atoms with E-state index in [-0.39, 0.29) is 5.97 Å². The summed E-state index contributed by atoms with van der Waals surface area (Å²) >= 11 is 0. The van der Waals surface area contributed by atoms with Gasteiger partial charge in [-0.25, -0.2) is 4.79 Å². The van der Waals surface area contributed by atoms with Gasteiger partial charge >= 0.3 is 5.97 Å². The molecule has 0 atom stereocenters. The highest BCUT2D eigenvalue weighted by Crippen LogP contribution is 2.21. The van der Waals surface area contributed by atoms with Gasteiger partial charge in [-0.05, 0) is 56.6 Å². The van der Waals surface area contributed by atoms with Gasteiger partial charge in [-0.15, -0.1) is 5.10 Å². The van der Waals surface area contributed by atoms with Gasteiger partial charge in [-0.3, -0.25) is 4.68 Å². The average molecular weight is 565 g/mol. The predicted octanol–water partition coefficient (Wildman–Crippen LogP) is 1.65. The first kappa shape index (κ1) is 28.7. The van der Waals surface area contributed by atoms with E-state index in [4.69, 9.17) is 19.4 Å². The van der Waals surface area contributed by atoms with Crippen LogP contribution in [0.2, 0.25) is 0 Å². The number of hydrogen-bond acceptors (Lipinski definition) is 12. The molecule has 2 saturated heterocycles. The Kier molecular flexibility index (Phi) is 10.3. The van der Waals surface area contributed by atoms with Crippen molar-refractivity contribution in [2.45, 2.75) is 44.9 Å². The maximum absolute atomic E-state index is 11.7. The molecule has 4 N–H and O–H groups in total. The van der Waals surface area contributed by atoms with Gasteiger partial charge in [0.05, 0.1) is 38.6 Å². The number of rotatable bonds is 13. The summed E-state index contributed by atoms with van der Waals surface area (Å²) in [6.45, 7) is 7.76. The fraction of sp³-hybridized carbons (Fsp3) is 0.536. The molecule has 0 saturated carbocycles. The third kappa shape index (κ3) is 8.59. The molecule has 2 aromatic heterocycles. The Morgan fingerprint density at radius 3 is 2.83 bits per heavy atom. The van der Waals surface area contributed by atoms with E-state index in [0.29, 0.717) is 43.9 Å². The van der Waals surface area contributed by atoms with E-state index in [9.17, 15) is 4.79 Å². The molecule has 2 aliphatic rings. The van der Waals surface area contributed by atoms with Gasteiger partial charge in [-0.1, -0.05) is 17.3 Å². The number of carbonyl (C=O) groups excluding carboxylic acids is 1. The van der Waals surface area contributed by atoms with Crippen LogP contribution in [0.4, 0.5) is 17.6 Å². The van der Waals surface area contributed by atoms with Crippen molar-refractivity contribution in [3.63, 3.8) is 0 Å². The van der Waals surface area contributed by atoms with Gasteiger partial charge in [0.2, 0.25) is 5.95 Å². The van der Waals surface area contributed by atoms with Crippen LogP contribution in [0.3, 0.4) is 0 Å². The molecule has 2 fully saturated rings. The zero-order valence-electron chi connectivity index (χ0n) is 23.6. The lowest BCUT2D eigenvalue weighted by atomic mass is 10.1. The number of aryl methyl sites for hydroxylation is 1. The van der Waals surface area contributed by atoms with Gasteiger partial charge in [0, 0.05) is 38.3 Å². The van der Waals surface area contributed by atoms with Crippen LogP contribution in [-0.4, -0.2) is 90.0 Å². The van der Waals surface area contributed by atoms with E-state index in [2.05, 4.69) is 36.5 Å². The molecular formula is C28H40N10O3. The quantitative estimate of drug-likeness (QED) is 0.177. The predicted molar refractivity (Wildman–Crippen MR) is 156 cm³/mol. The maximum Gasteiger partial charge on any atom is 0.337 e. The van der Waals surface area contributed by atoms with Crippen LogP contribution in [0.15, 0.2) is 36.5 Å². The molecule has 0 aliphatic carbocycles. The van der Waals surface area contributed by atoms with Crippen molar-refractivity contribution in [2.24, 2.45) is 0 Å². The Bertz CT molecular complexity index is 1260. The van der Waals surface area contributed by atoms with E-state index in [1.54, 1.807) is 6.07 Å². The third-order valence-corrected chi connectivity index (χ3v) is 7.17. The summed E-state index contributed by atoms with van der Waals surface area (Å²) < 4.78 is 12.2. The second kappa shape index (κ2) is 14.7. The normalized spacial score (nSPS) is 16.0. The van der Waals surface area contributed by atoms with Crippen molar-refractivity contribution in [1.82, 2.24) is 35.6 Å². The summed E-state index contributed by atoms with van der Waals surface area (Å²) in [5.74, 6) is 1.98. The van der Waals surface area contributed by atoms with E-state index in [0.717, 1.165) is 81.4 Å². The van der Waals surface area contributed by atoms with Gasteiger partial charge in [0.25, 0.3) is 0 Å². The van der Waals surface area contributed by atoms with Crippen LogP contribution in [0, 0.1) is 0 Å². The largest absolute Gasteiger partial charge is 0.465 e. The van der Waals surface area contributed by atoms with Gasteiger partial charge < -0.3 is 35.6 Å². The van der Waals surface area contributed by atoms with Crippen molar-refractivity contribution in [3.8, 4) is 0 Å². The Hall–Kier alpha value is -3.81. The molecular weight excluding hydrogens is 524 g/mol. The van der Waals surface area contributed by atoms with Crippen LogP contribution in [0.5, 0.6) is 0 Å². The molecule has 0 bridgehead atoms. The summed E-state index contributed by atoms with van der Waals surface area (Å²) in [6.07, 6.45) is 4.98. The van der Waals surface area contributed by atoms with Crippen LogP contribution in [-0.2, 0) is 29.1 Å². The van der Waals surface area contributed by atoms with Gasteiger partial charge in [-0.2, -0.15) is 9.97 Å². The van der Waals surface area contributed by atoms with E-state index in [1.807, 2.05) is 35.1 Å². The molecule has 1 aromatic carbocycles. The fourth-order valence-electron chi connectivity index (χ4n) is 4.94. The molecule has 0 radical (unpaired) electrons. The number of nitrogens with zero attached hydrogens (tertiary/aromatic N) is 6. The standard InChI is InChI=1S/C28H40N10O3/c1-40-27(39)22-5-2-4-21(16-22)18-30-8-3-11-38-20-24(35-36-38)19-31-28-33-25(32-23-6-9-29-10-7-23)17-26(34-28)37-12-14-41-15-13-37/h2,4-5,16-17,20,23,29-30H,3,6-15,18-19H2,1H3,(H2,31,32,33,34). The molecule has 13 heteroatoms. The second-order valence-corrected chi connectivity index (χ2v) is 10.3. The van der Waals surface area contributed by atoms with E-state index < -0.39 is 0 Å². The second-order valence-electron chi connectivity index (χ2n) is 10.3. The lowest BCUT2D eigenvalue weighted by molar-refractivity contribution is 0.0600. The Labute approximate surface area is 240 Å². The van der Waals surface area contributed by atoms with Crippen LogP contribution in [0.25, 0.3) is 0 Å². The van der Waals surface area contributed by atoms with Crippen LogP contribution < -0.4 is 26.2 Å². The van der Waals surface area contributed by atoms with Gasteiger partial charge in [0.15, 0.2) is 0 Å². The topological polar surface area (TPSA) is 143 Å². The number of nitrogens with one attached hydrogen (secondary N) is 4. The molecule has 3 aromatic rings. The summed E-state index contributed by atoms with van der Waals surface area (Å²) in [5.41, 5.74) is 2.42. The van der Waals surface area contributed by atoms with E-state index >= 15 is 0 Å². The molecule has 13 nitrogen and oxygen atoms in total. The number of benzene rings is 1. The minimum absolute atomic E-state index is 0.325. The summed E-state index contributed by atoms with van der Waals surface area (Å²) in [4.78, 5) is 23.5. The molecule has 0 amide bonds. The zero-order chi connectivity index (χ0) is 28.3. The van der Waals surface area contributed by atoms with Crippen molar-refractivity contribution >= 4 is 23.6 Å². The Morgan fingerprint density at radius 2 is 2.00 bits per heavy atom. The first-order valence-corrected chi connectivity index (χ1v) is 14.4. The highest BCUT2D eigenvalue weighted by Gasteiger charge is 2.18. The van der Waals surface area contributed by atoms with Gasteiger partial charge in [0.1, 0.15) is 17.3 Å². The summed E-state index contributed by atoms with van der Waals surface area (Å²) in [7, 11) is 1.39. The number of methoxy groups -OCH3 is 1. The number of carbonyl (C=O) groups is 1. The van der Waals surface area contributed by atoms with Crippen LogP contribution in [0.1, 0.15) is 40.9 Å². The molecule has 0 unspecified atom stereocenters. The van der Waals surface area contributed by atoms with Crippen LogP contribution >= 0.6 is 0 Å². The number of piperidine rings is 1. The maximum atomic E-state index is 11.7. The molecule has 2 aliphatic heterocycles. The average Bonchev–Trinajstić information content (AvgIpc) is 3.48. The number of hydrogen-bond donors (Lipinski definition) is 4. The monoisotopic (exact) mass is 564 g/mol. The highest BCUT2D eigenvalue weighted by atomic mass is 16.5. The molecule has 41 heavy (non-hydrogen) atoms. The molecule has 220 valence electrons. The number of morpholine rings is 1. The fourth-order valence-corrected chi connectivity index (χ4v) is 4.94. The van der Waals surface area contributed by atoms with Crippen molar-refractivity contribution in [2.75, 3.05) is 68.6 Å². The smallest absolute Gasteiger partial charge is 0.337 e. The number of anilines is 3. The third-order valence-electron chi connectivity index (χ3n) is 7.17. The highest BCUT2D eigenvalue weighted by molar-refractivity contribution is 5.89. The molecule has 0 spiro atoms. The molecule has 5 rings (SSSR count). The number of esters is 1. The number of aromatic nitrogens is 5. The van der Waals surface area contributed by atoms with E-state index in [1.165, 1.54) is 7.11 Å². The minimum atomic E-state index is -0.325. The SMILES string of the molecule is COC(=O)c1cccc(CNCCCn2cc(CNc3nc(NC4CCNCC4)cc(N4CCOCC4)n3)nn2)c1. The summed E-state index contributed by atoms with van der Waals surface area (Å²) in [5, 5.41) is 22.4. The van der Waals surface area contributed by atoms with Crippen molar-refractivity contribution in [1.29, 1.82) is 0 Å². The first-order valence-electron chi connectivity index (χ1n) is 14.4. The Morgan fingerprint density at radius 1 is 1.15 bits per heavy atom. The molecule has 4 heterocycles. The lowest BCUT2D eigenvalue weighted by Gasteiger charge is -2.29. The first-order chi connectivity index (χ1) is 20.2. The lowest BCUT2D eigenvalue weighted by Crippen LogP contribution is -2.37. The zero-order valence-corrected chi connectivity index (χ0v) is 23.6. The summed E-state index contributed by atoms with van der Waals surface area (Å²) in [6, 6.07) is 9.90. The minimum Gasteiger partial charge on any atom is -0.465 e. The van der Waals surface area contributed by atoms with Crippen molar-refractivity contribution < 1.29 is 14.3 Å². The Balaban J connectivity index is 1.10. The number of ether oxygens (including phenoxy) is 2.